The monoisotopic (exact) mass is 415 g/mol. The van der Waals surface area contributed by atoms with Gasteiger partial charge in [-0.2, -0.15) is 0 Å². The van der Waals surface area contributed by atoms with E-state index in [4.69, 9.17) is 12.2 Å². The van der Waals surface area contributed by atoms with Gasteiger partial charge in [0, 0.05) is 10.7 Å². The summed E-state index contributed by atoms with van der Waals surface area (Å²) in [7, 11) is 0. The predicted molar refractivity (Wildman–Crippen MR) is 105 cm³/mol. The minimum atomic E-state index is -1.04. The minimum Gasteiger partial charge on any atom is -0.301 e. The lowest BCUT2D eigenvalue weighted by Crippen LogP contribution is -2.58. The lowest BCUT2D eigenvalue weighted by atomic mass is 10.1. The number of para-hydroxylation sites is 1. The Morgan fingerprint density at radius 1 is 1.16 bits per heavy atom. The molecule has 2 amide bonds. The zero-order chi connectivity index (χ0) is 18.0. The van der Waals surface area contributed by atoms with Crippen LogP contribution in [-0.4, -0.2) is 23.1 Å². The number of hydrogen-bond acceptors (Lipinski definition) is 4. The van der Waals surface area contributed by atoms with Crippen LogP contribution in [0, 0.1) is 12.8 Å². The number of anilines is 1. The molecule has 1 N–H and O–H groups in total. The molecule has 0 aliphatic carbocycles. The molecule has 3 rings (SSSR count). The van der Waals surface area contributed by atoms with Gasteiger partial charge in [-0.25, -0.2) is 0 Å². The van der Waals surface area contributed by atoms with E-state index in [9.17, 15) is 9.59 Å². The fourth-order valence-electron chi connectivity index (χ4n) is 2.37. The fourth-order valence-corrected chi connectivity index (χ4v) is 3.05. The fraction of sp³-hybridized carbons (Fsp3) is 0.111. The van der Waals surface area contributed by atoms with Gasteiger partial charge in [0.15, 0.2) is 11.0 Å². The molecule has 126 valence electrons. The Hall–Kier alpha value is -2.38. The van der Waals surface area contributed by atoms with E-state index in [1.165, 1.54) is 11.1 Å². The first-order valence-electron chi connectivity index (χ1n) is 7.51. The molecule has 1 atom stereocenters. The van der Waals surface area contributed by atoms with Gasteiger partial charge in [-0.1, -0.05) is 29.8 Å². The number of nitrogens with zero attached hydrogens (tertiary/aromatic N) is 2. The molecule has 1 heterocycles. The van der Waals surface area contributed by atoms with Crippen LogP contribution in [-0.2, 0) is 9.59 Å². The number of benzene rings is 2. The zero-order valence-corrected chi connectivity index (χ0v) is 15.7. The molecule has 0 unspecified atom stereocenters. The van der Waals surface area contributed by atoms with E-state index in [2.05, 4.69) is 26.2 Å². The SMILES string of the molecule is Cc1ccc(N2C(=O)[C@H](C=Nc3ccccc3Br)C(=O)NC2=S)cc1. The molecular weight excluding hydrogens is 402 g/mol. The molecule has 0 saturated carbocycles. The smallest absolute Gasteiger partial charge is 0.251 e. The molecule has 1 fully saturated rings. The number of rotatable bonds is 3. The highest BCUT2D eigenvalue weighted by molar-refractivity contribution is 9.10. The van der Waals surface area contributed by atoms with Crippen molar-refractivity contribution < 1.29 is 9.59 Å². The van der Waals surface area contributed by atoms with Crippen molar-refractivity contribution in [3.63, 3.8) is 0 Å². The van der Waals surface area contributed by atoms with E-state index < -0.39 is 17.7 Å². The van der Waals surface area contributed by atoms with E-state index in [1.54, 1.807) is 18.2 Å². The first kappa shape index (κ1) is 17.4. The highest BCUT2D eigenvalue weighted by Crippen LogP contribution is 2.25. The highest BCUT2D eigenvalue weighted by Gasteiger charge is 2.38. The Bertz CT molecular complexity index is 880. The average molecular weight is 416 g/mol. The van der Waals surface area contributed by atoms with E-state index >= 15 is 0 Å². The van der Waals surface area contributed by atoms with E-state index in [-0.39, 0.29) is 5.11 Å². The van der Waals surface area contributed by atoms with Crippen LogP contribution in [0.15, 0.2) is 58.0 Å². The van der Waals surface area contributed by atoms with Crippen molar-refractivity contribution in [2.45, 2.75) is 6.92 Å². The third-order valence-electron chi connectivity index (χ3n) is 3.71. The third-order valence-corrected chi connectivity index (χ3v) is 4.66. The number of amides is 2. The molecule has 2 aromatic rings. The van der Waals surface area contributed by atoms with Gasteiger partial charge in [-0.15, -0.1) is 0 Å². The van der Waals surface area contributed by atoms with Crippen molar-refractivity contribution in [2.24, 2.45) is 10.9 Å². The molecule has 1 aliphatic heterocycles. The summed E-state index contributed by atoms with van der Waals surface area (Å²) in [5.74, 6) is -1.94. The Morgan fingerprint density at radius 2 is 1.84 bits per heavy atom. The first-order valence-corrected chi connectivity index (χ1v) is 8.71. The van der Waals surface area contributed by atoms with Crippen LogP contribution < -0.4 is 10.2 Å². The molecule has 7 heteroatoms. The van der Waals surface area contributed by atoms with Gasteiger partial charge in [0.2, 0.25) is 5.91 Å². The normalized spacial score (nSPS) is 17.9. The largest absolute Gasteiger partial charge is 0.301 e. The maximum Gasteiger partial charge on any atom is 0.251 e. The van der Waals surface area contributed by atoms with Gasteiger partial charge < -0.3 is 5.32 Å². The predicted octanol–water partition coefficient (Wildman–Crippen LogP) is 3.52. The van der Waals surface area contributed by atoms with Crippen LogP contribution in [0.1, 0.15) is 5.56 Å². The number of carbonyl (C=O) groups is 2. The second kappa shape index (κ2) is 7.25. The molecule has 0 spiro atoms. The highest BCUT2D eigenvalue weighted by atomic mass is 79.9. The van der Waals surface area contributed by atoms with Gasteiger partial charge in [-0.3, -0.25) is 19.5 Å². The summed E-state index contributed by atoms with van der Waals surface area (Å²) in [5, 5.41) is 2.64. The summed E-state index contributed by atoms with van der Waals surface area (Å²) in [5.41, 5.74) is 2.31. The Balaban J connectivity index is 1.90. The standard InChI is InChI=1S/C18H14BrN3O2S/c1-11-6-8-12(9-7-11)22-17(24)13(16(23)21-18(22)25)10-20-15-5-3-2-4-14(15)19/h2-10,13H,1H3,(H,21,23,25)/t13-/m1/s1. The maximum atomic E-state index is 12.8. The summed E-state index contributed by atoms with van der Waals surface area (Å²) >= 11 is 8.55. The van der Waals surface area contributed by atoms with Gasteiger partial charge in [0.1, 0.15) is 0 Å². The zero-order valence-electron chi connectivity index (χ0n) is 13.3. The number of nitrogens with one attached hydrogen (secondary N) is 1. The quantitative estimate of drug-likeness (QED) is 0.473. The van der Waals surface area contributed by atoms with Gasteiger partial charge in [0.05, 0.1) is 11.4 Å². The maximum absolute atomic E-state index is 12.8. The van der Waals surface area contributed by atoms with Gasteiger partial charge in [0.25, 0.3) is 5.91 Å². The van der Waals surface area contributed by atoms with Gasteiger partial charge in [-0.05, 0) is 59.3 Å². The van der Waals surface area contributed by atoms with E-state index in [0.717, 1.165) is 10.0 Å². The molecule has 0 radical (unpaired) electrons. The van der Waals surface area contributed by atoms with Crippen LogP contribution >= 0.6 is 28.1 Å². The number of halogens is 1. The molecular formula is C18H14BrN3O2S. The molecule has 2 aromatic carbocycles. The van der Waals surface area contributed by atoms with Crippen LogP contribution in [0.3, 0.4) is 0 Å². The van der Waals surface area contributed by atoms with Crippen LogP contribution in [0.5, 0.6) is 0 Å². The van der Waals surface area contributed by atoms with Gasteiger partial charge >= 0.3 is 0 Å². The average Bonchev–Trinajstić information content (AvgIpc) is 2.57. The second-order valence-corrected chi connectivity index (χ2v) is 6.75. The molecule has 25 heavy (non-hydrogen) atoms. The molecule has 1 saturated heterocycles. The van der Waals surface area contributed by atoms with Crippen molar-refractivity contribution in [2.75, 3.05) is 4.90 Å². The summed E-state index contributed by atoms with van der Waals surface area (Å²) < 4.78 is 0.779. The summed E-state index contributed by atoms with van der Waals surface area (Å²) in [6.45, 7) is 1.95. The molecule has 0 aromatic heterocycles. The summed E-state index contributed by atoms with van der Waals surface area (Å²) in [4.78, 5) is 30.6. The molecule has 5 nitrogen and oxygen atoms in total. The van der Waals surface area contributed by atoms with E-state index in [0.29, 0.717) is 11.4 Å². The lowest BCUT2D eigenvalue weighted by Gasteiger charge is -2.30. The van der Waals surface area contributed by atoms with Crippen molar-refractivity contribution >= 4 is 62.7 Å². The van der Waals surface area contributed by atoms with Crippen molar-refractivity contribution in [1.29, 1.82) is 0 Å². The van der Waals surface area contributed by atoms with Crippen LogP contribution in [0.2, 0.25) is 0 Å². The number of hydrogen-bond donors (Lipinski definition) is 1. The minimum absolute atomic E-state index is 0.0735. The third kappa shape index (κ3) is 3.67. The second-order valence-electron chi connectivity index (χ2n) is 5.51. The number of thiocarbonyl (C=S) groups is 1. The van der Waals surface area contributed by atoms with Crippen molar-refractivity contribution in [3.05, 3.63) is 58.6 Å². The summed E-state index contributed by atoms with van der Waals surface area (Å²) in [6, 6.07) is 14.7. The Labute approximate surface area is 158 Å². The lowest BCUT2D eigenvalue weighted by molar-refractivity contribution is -0.130. The number of carbonyl (C=O) groups excluding carboxylic acids is 2. The van der Waals surface area contributed by atoms with Crippen molar-refractivity contribution in [3.8, 4) is 0 Å². The molecule has 0 bridgehead atoms. The Kier molecular flexibility index (Phi) is 5.06. The topological polar surface area (TPSA) is 61.8 Å². The van der Waals surface area contributed by atoms with Crippen LogP contribution in [0.25, 0.3) is 0 Å². The Morgan fingerprint density at radius 3 is 2.52 bits per heavy atom. The summed E-state index contributed by atoms with van der Waals surface area (Å²) in [6.07, 6.45) is 1.35. The van der Waals surface area contributed by atoms with Crippen LogP contribution in [0.4, 0.5) is 11.4 Å². The molecule has 1 aliphatic rings. The number of aliphatic imine (C=N–C) groups is 1. The number of aryl methyl sites for hydroxylation is 1. The van der Waals surface area contributed by atoms with Crippen molar-refractivity contribution in [1.82, 2.24) is 5.32 Å². The first-order chi connectivity index (χ1) is 12.0. The van der Waals surface area contributed by atoms with E-state index in [1.807, 2.05) is 37.3 Å².